The number of hydrogen-bond donors (Lipinski definition) is 2. The number of carbonyl (C=O) groups is 1. The van der Waals surface area contributed by atoms with Crippen LogP contribution in [0.4, 0.5) is 0 Å². The topological polar surface area (TPSA) is 49.3 Å². The maximum absolute atomic E-state index is 11.1. The summed E-state index contributed by atoms with van der Waals surface area (Å²) in [6.07, 6.45) is 1.66. The molecule has 3 nitrogen and oxygen atoms in total. The molecule has 2 N–H and O–H groups in total. The van der Waals surface area contributed by atoms with Crippen LogP contribution in [-0.4, -0.2) is 23.2 Å². The Kier molecular flexibility index (Phi) is 3.20. The molecule has 2 unspecified atom stereocenters. The first-order chi connectivity index (χ1) is 7.99. The highest BCUT2D eigenvalue weighted by Gasteiger charge is 2.40. The number of aliphatic carboxylic acids is 1. The molecule has 1 aromatic carbocycles. The van der Waals surface area contributed by atoms with Gasteiger partial charge in [0.1, 0.15) is 5.54 Å². The summed E-state index contributed by atoms with van der Waals surface area (Å²) in [6, 6.07) is 8.43. The summed E-state index contributed by atoms with van der Waals surface area (Å²) in [6.45, 7) is 4.64. The molecule has 2 atom stereocenters. The van der Waals surface area contributed by atoms with Crippen molar-refractivity contribution in [3.05, 3.63) is 35.4 Å². The molecule has 0 saturated carbocycles. The summed E-state index contributed by atoms with van der Waals surface area (Å²) >= 11 is 0. The molecule has 17 heavy (non-hydrogen) atoms. The standard InChI is InChI=1S/C14H19NO2/c1-10-4-3-5-11(6-10)7-12-8-14(2,13(16)17)15-9-12/h3-6,12,15H,7-9H2,1-2H3,(H,16,17). The Morgan fingerprint density at radius 1 is 1.59 bits per heavy atom. The fraction of sp³-hybridized carbons (Fsp3) is 0.500. The Morgan fingerprint density at radius 3 is 2.94 bits per heavy atom. The second-order valence-corrected chi connectivity index (χ2v) is 5.28. The van der Waals surface area contributed by atoms with E-state index in [1.165, 1.54) is 11.1 Å². The van der Waals surface area contributed by atoms with E-state index in [1.54, 1.807) is 6.92 Å². The molecule has 0 amide bonds. The van der Waals surface area contributed by atoms with Crippen LogP contribution < -0.4 is 5.32 Å². The second kappa shape index (κ2) is 4.49. The van der Waals surface area contributed by atoms with Crippen LogP contribution in [0, 0.1) is 12.8 Å². The predicted molar refractivity (Wildman–Crippen MR) is 67.0 cm³/mol. The van der Waals surface area contributed by atoms with Gasteiger partial charge in [0, 0.05) is 0 Å². The van der Waals surface area contributed by atoms with Crippen LogP contribution in [0.15, 0.2) is 24.3 Å². The zero-order valence-electron chi connectivity index (χ0n) is 10.4. The molecule has 1 aliphatic rings. The fourth-order valence-corrected chi connectivity index (χ4v) is 2.57. The van der Waals surface area contributed by atoms with E-state index in [0.717, 1.165) is 13.0 Å². The molecule has 1 fully saturated rings. The highest BCUT2D eigenvalue weighted by Crippen LogP contribution is 2.27. The van der Waals surface area contributed by atoms with Crippen LogP contribution in [0.25, 0.3) is 0 Å². The number of nitrogens with one attached hydrogen (secondary N) is 1. The maximum Gasteiger partial charge on any atom is 0.323 e. The molecule has 1 saturated heterocycles. The third-order valence-electron chi connectivity index (χ3n) is 3.56. The first-order valence-corrected chi connectivity index (χ1v) is 6.03. The highest BCUT2D eigenvalue weighted by atomic mass is 16.4. The summed E-state index contributed by atoms with van der Waals surface area (Å²) in [5.41, 5.74) is 1.81. The molecule has 0 aliphatic carbocycles. The van der Waals surface area contributed by atoms with E-state index in [-0.39, 0.29) is 0 Å². The van der Waals surface area contributed by atoms with E-state index >= 15 is 0 Å². The zero-order chi connectivity index (χ0) is 12.5. The lowest BCUT2D eigenvalue weighted by Crippen LogP contribution is -2.44. The SMILES string of the molecule is Cc1cccc(CC2CNC(C)(C(=O)O)C2)c1. The number of aryl methyl sites for hydroxylation is 1. The van der Waals surface area contributed by atoms with E-state index < -0.39 is 11.5 Å². The summed E-state index contributed by atoms with van der Waals surface area (Å²) in [4.78, 5) is 11.1. The van der Waals surface area contributed by atoms with Gasteiger partial charge in [-0.3, -0.25) is 4.79 Å². The largest absolute Gasteiger partial charge is 0.480 e. The highest BCUT2D eigenvalue weighted by molar-refractivity contribution is 5.78. The number of carboxylic acids is 1. The Morgan fingerprint density at radius 2 is 2.35 bits per heavy atom. The van der Waals surface area contributed by atoms with Crippen molar-refractivity contribution in [2.45, 2.75) is 32.2 Å². The van der Waals surface area contributed by atoms with E-state index in [0.29, 0.717) is 12.3 Å². The van der Waals surface area contributed by atoms with Crippen molar-refractivity contribution < 1.29 is 9.90 Å². The van der Waals surface area contributed by atoms with Gasteiger partial charge in [-0.2, -0.15) is 0 Å². The molecule has 92 valence electrons. The van der Waals surface area contributed by atoms with Crippen LogP contribution in [0.2, 0.25) is 0 Å². The first-order valence-electron chi connectivity index (χ1n) is 6.03. The normalized spacial score (nSPS) is 28.2. The lowest BCUT2D eigenvalue weighted by molar-refractivity contribution is -0.143. The maximum atomic E-state index is 11.1. The molecule has 0 spiro atoms. The second-order valence-electron chi connectivity index (χ2n) is 5.28. The molecule has 1 aromatic rings. The molecule has 0 radical (unpaired) electrons. The average molecular weight is 233 g/mol. The van der Waals surface area contributed by atoms with Crippen LogP contribution in [0.5, 0.6) is 0 Å². The van der Waals surface area contributed by atoms with Gasteiger partial charge in [-0.05, 0) is 44.7 Å². The molecule has 2 rings (SSSR count). The molecule has 0 bridgehead atoms. The van der Waals surface area contributed by atoms with Crippen LogP contribution in [0.3, 0.4) is 0 Å². The quantitative estimate of drug-likeness (QED) is 0.839. The summed E-state index contributed by atoms with van der Waals surface area (Å²) in [7, 11) is 0. The number of hydrogen-bond acceptors (Lipinski definition) is 2. The van der Waals surface area contributed by atoms with Gasteiger partial charge >= 0.3 is 5.97 Å². The van der Waals surface area contributed by atoms with Gasteiger partial charge in [0.2, 0.25) is 0 Å². The van der Waals surface area contributed by atoms with Gasteiger partial charge < -0.3 is 10.4 Å². The van der Waals surface area contributed by atoms with E-state index in [4.69, 9.17) is 5.11 Å². The van der Waals surface area contributed by atoms with Crippen molar-refractivity contribution in [3.8, 4) is 0 Å². The Labute approximate surface area is 102 Å². The van der Waals surface area contributed by atoms with Crippen LogP contribution in [0.1, 0.15) is 24.5 Å². The fourth-order valence-electron chi connectivity index (χ4n) is 2.57. The van der Waals surface area contributed by atoms with Crippen LogP contribution in [-0.2, 0) is 11.2 Å². The van der Waals surface area contributed by atoms with Crippen molar-refractivity contribution in [3.63, 3.8) is 0 Å². The third-order valence-corrected chi connectivity index (χ3v) is 3.56. The van der Waals surface area contributed by atoms with Gasteiger partial charge in [-0.15, -0.1) is 0 Å². The number of rotatable bonds is 3. The van der Waals surface area contributed by atoms with E-state index in [9.17, 15) is 4.79 Å². The molecule has 0 aromatic heterocycles. The summed E-state index contributed by atoms with van der Waals surface area (Å²) in [5, 5.41) is 12.3. The third kappa shape index (κ3) is 2.67. The minimum atomic E-state index is -0.746. The van der Waals surface area contributed by atoms with E-state index in [2.05, 4.69) is 36.5 Å². The zero-order valence-corrected chi connectivity index (χ0v) is 10.4. The van der Waals surface area contributed by atoms with Crippen molar-refractivity contribution in [1.82, 2.24) is 5.32 Å². The molecule has 1 heterocycles. The molecule has 3 heteroatoms. The summed E-state index contributed by atoms with van der Waals surface area (Å²) < 4.78 is 0. The van der Waals surface area contributed by atoms with Gasteiger partial charge in [0.15, 0.2) is 0 Å². The lowest BCUT2D eigenvalue weighted by atomic mass is 9.90. The Hall–Kier alpha value is -1.35. The number of carboxylic acid groups (broad SMARTS) is 1. The number of benzene rings is 1. The Balaban J connectivity index is 2.01. The Bertz CT molecular complexity index is 430. The first kappa shape index (κ1) is 12.1. The van der Waals surface area contributed by atoms with Gasteiger partial charge in [-0.1, -0.05) is 29.8 Å². The minimum absolute atomic E-state index is 0.415. The van der Waals surface area contributed by atoms with Crippen LogP contribution >= 0.6 is 0 Å². The van der Waals surface area contributed by atoms with Crippen molar-refractivity contribution >= 4 is 5.97 Å². The monoisotopic (exact) mass is 233 g/mol. The van der Waals surface area contributed by atoms with Gasteiger partial charge in [0.25, 0.3) is 0 Å². The van der Waals surface area contributed by atoms with Crippen molar-refractivity contribution in [1.29, 1.82) is 0 Å². The molecule has 1 aliphatic heterocycles. The molecular formula is C14H19NO2. The van der Waals surface area contributed by atoms with Gasteiger partial charge in [-0.25, -0.2) is 0 Å². The minimum Gasteiger partial charge on any atom is -0.480 e. The summed E-state index contributed by atoms with van der Waals surface area (Å²) in [5.74, 6) is -0.331. The predicted octanol–water partition coefficient (Wildman–Crippen LogP) is 1.99. The van der Waals surface area contributed by atoms with Crippen molar-refractivity contribution in [2.75, 3.05) is 6.54 Å². The van der Waals surface area contributed by atoms with Crippen molar-refractivity contribution in [2.24, 2.45) is 5.92 Å². The smallest absolute Gasteiger partial charge is 0.323 e. The average Bonchev–Trinajstić information content (AvgIpc) is 2.61. The van der Waals surface area contributed by atoms with Gasteiger partial charge in [0.05, 0.1) is 0 Å². The lowest BCUT2D eigenvalue weighted by Gasteiger charge is -2.18. The molecular weight excluding hydrogens is 214 g/mol. The van der Waals surface area contributed by atoms with E-state index in [1.807, 2.05) is 0 Å².